The highest BCUT2D eigenvalue weighted by atomic mass is 16.2. The van der Waals surface area contributed by atoms with Gasteiger partial charge in [0, 0.05) is 31.0 Å². The highest BCUT2D eigenvalue weighted by molar-refractivity contribution is 6.07. The minimum Gasteiger partial charge on any atom is -0.346 e. The van der Waals surface area contributed by atoms with E-state index in [0.717, 1.165) is 25.1 Å². The van der Waals surface area contributed by atoms with Crippen LogP contribution in [0.4, 0.5) is 5.69 Å². The molecular formula is C18H20N2O2. The van der Waals surface area contributed by atoms with E-state index >= 15 is 0 Å². The first-order chi connectivity index (χ1) is 10.5. The minimum atomic E-state index is -0.0418. The lowest BCUT2D eigenvalue weighted by Gasteiger charge is -2.29. The summed E-state index contributed by atoms with van der Waals surface area (Å²) < 4.78 is 1.74. The largest absolute Gasteiger partial charge is 0.346 e. The van der Waals surface area contributed by atoms with E-state index in [-0.39, 0.29) is 11.7 Å². The van der Waals surface area contributed by atoms with Crippen LogP contribution in [0.1, 0.15) is 45.3 Å². The molecule has 2 heterocycles. The zero-order valence-electron chi connectivity index (χ0n) is 13.2. The Bertz CT molecular complexity index is 758. The van der Waals surface area contributed by atoms with Gasteiger partial charge >= 0.3 is 0 Å². The Kier molecular flexibility index (Phi) is 3.61. The van der Waals surface area contributed by atoms with E-state index < -0.39 is 0 Å². The second kappa shape index (κ2) is 5.44. The number of ketones is 1. The fraction of sp³-hybridized carbons (Fsp3) is 0.333. The van der Waals surface area contributed by atoms with Crippen molar-refractivity contribution < 1.29 is 9.59 Å². The van der Waals surface area contributed by atoms with E-state index in [2.05, 4.69) is 13.0 Å². The van der Waals surface area contributed by atoms with E-state index in [0.29, 0.717) is 11.3 Å². The highest BCUT2D eigenvalue weighted by Crippen LogP contribution is 2.29. The van der Waals surface area contributed by atoms with Gasteiger partial charge in [-0.25, -0.2) is 0 Å². The van der Waals surface area contributed by atoms with Gasteiger partial charge in [-0.2, -0.15) is 0 Å². The number of benzene rings is 1. The molecule has 2 aromatic rings. The lowest BCUT2D eigenvalue weighted by atomic mass is 9.99. The molecule has 22 heavy (non-hydrogen) atoms. The van der Waals surface area contributed by atoms with Crippen molar-refractivity contribution in [3.8, 4) is 0 Å². The zero-order chi connectivity index (χ0) is 15.9. The maximum absolute atomic E-state index is 12.9. The Hall–Kier alpha value is -2.36. The van der Waals surface area contributed by atoms with Crippen LogP contribution in [0.3, 0.4) is 0 Å². The summed E-state index contributed by atoms with van der Waals surface area (Å²) in [4.78, 5) is 26.2. The highest BCUT2D eigenvalue weighted by Gasteiger charge is 2.25. The average molecular weight is 296 g/mol. The third kappa shape index (κ3) is 2.45. The molecule has 0 bridgehead atoms. The van der Waals surface area contributed by atoms with Crippen LogP contribution in [0.15, 0.2) is 30.5 Å². The molecular weight excluding hydrogens is 276 g/mol. The van der Waals surface area contributed by atoms with Crippen molar-refractivity contribution in [3.05, 3.63) is 52.8 Å². The monoisotopic (exact) mass is 296 g/mol. The van der Waals surface area contributed by atoms with Gasteiger partial charge in [0.25, 0.3) is 5.91 Å². The van der Waals surface area contributed by atoms with Gasteiger partial charge in [0.1, 0.15) is 5.69 Å². The lowest BCUT2D eigenvalue weighted by Crippen LogP contribution is -2.36. The van der Waals surface area contributed by atoms with Crippen LogP contribution in [0.5, 0.6) is 0 Å². The maximum atomic E-state index is 12.9. The van der Waals surface area contributed by atoms with Crippen molar-refractivity contribution in [3.63, 3.8) is 0 Å². The predicted octanol–water partition coefficient (Wildman–Crippen LogP) is 3.13. The number of hydrogen-bond donors (Lipinski definition) is 0. The molecule has 0 spiro atoms. The summed E-state index contributed by atoms with van der Waals surface area (Å²) in [6.45, 7) is 4.30. The molecule has 114 valence electrons. The Labute approximate surface area is 130 Å². The third-order valence-electron chi connectivity index (χ3n) is 4.23. The molecule has 0 N–H and O–H groups in total. The predicted molar refractivity (Wildman–Crippen MR) is 86.6 cm³/mol. The Balaban J connectivity index is 1.99. The lowest BCUT2D eigenvalue weighted by molar-refractivity contribution is 0.0976. The van der Waals surface area contributed by atoms with Gasteiger partial charge in [-0.3, -0.25) is 9.59 Å². The first-order valence-electron chi connectivity index (χ1n) is 7.56. The van der Waals surface area contributed by atoms with Crippen molar-refractivity contribution in [2.75, 3.05) is 11.4 Å². The molecule has 1 amide bonds. The van der Waals surface area contributed by atoms with E-state index in [1.807, 2.05) is 17.0 Å². The van der Waals surface area contributed by atoms with Crippen LogP contribution in [0.2, 0.25) is 0 Å². The Morgan fingerprint density at radius 2 is 1.95 bits per heavy atom. The second-order valence-corrected chi connectivity index (χ2v) is 5.97. The molecule has 0 saturated carbocycles. The molecule has 0 saturated heterocycles. The molecule has 0 radical (unpaired) electrons. The quantitative estimate of drug-likeness (QED) is 0.799. The van der Waals surface area contributed by atoms with Gasteiger partial charge in [0.2, 0.25) is 0 Å². The number of aryl methyl sites for hydroxylation is 3. The normalized spacial score (nSPS) is 13.9. The van der Waals surface area contributed by atoms with Crippen molar-refractivity contribution in [2.24, 2.45) is 7.05 Å². The van der Waals surface area contributed by atoms with E-state index in [1.54, 1.807) is 23.9 Å². The number of carbonyl (C=O) groups excluding carboxylic acids is 2. The summed E-state index contributed by atoms with van der Waals surface area (Å²) in [7, 11) is 1.81. The SMILES string of the molecule is CC(=O)c1cc(C(=O)N2CCCc3cc(C)ccc32)n(C)c1. The number of aromatic nitrogens is 1. The molecule has 3 rings (SSSR count). The topological polar surface area (TPSA) is 42.3 Å². The number of fused-ring (bicyclic) bond motifs is 1. The average Bonchev–Trinajstić information content (AvgIpc) is 2.88. The standard InChI is InChI=1S/C18H20N2O2/c1-12-6-7-16-14(9-12)5-4-8-20(16)18(22)17-10-15(13(2)21)11-19(17)3/h6-7,9-11H,4-5,8H2,1-3H3. The van der Waals surface area contributed by atoms with Crippen LogP contribution in [-0.4, -0.2) is 22.8 Å². The fourth-order valence-electron chi connectivity index (χ4n) is 3.04. The molecule has 0 fully saturated rings. The Morgan fingerprint density at radius 1 is 1.18 bits per heavy atom. The molecule has 1 aliphatic heterocycles. The van der Waals surface area contributed by atoms with Crippen molar-refractivity contribution in [2.45, 2.75) is 26.7 Å². The molecule has 0 unspecified atom stereocenters. The smallest absolute Gasteiger partial charge is 0.274 e. The first kappa shape index (κ1) is 14.6. The van der Waals surface area contributed by atoms with Gasteiger partial charge in [-0.15, -0.1) is 0 Å². The number of amides is 1. The summed E-state index contributed by atoms with van der Waals surface area (Å²) in [5.74, 6) is -0.0656. The van der Waals surface area contributed by atoms with Gasteiger partial charge in [-0.05, 0) is 44.4 Å². The summed E-state index contributed by atoms with van der Waals surface area (Å²) in [6, 6.07) is 7.90. The Morgan fingerprint density at radius 3 is 2.64 bits per heavy atom. The summed E-state index contributed by atoms with van der Waals surface area (Å²) >= 11 is 0. The van der Waals surface area contributed by atoms with Crippen LogP contribution < -0.4 is 4.90 Å². The van der Waals surface area contributed by atoms with E-state index in [4.69, 9.17) is 0 Å². The number of carbonyl (C=O) groups is 2. The summed E-state index contributed by atoms with van der Waals surface area (Å²) in [6.07, 6.45) is 3.69. The second-order valence-electron chi connectivity index (χ2n) is 5.97. The van der Waals surface area contributed by atoms with Gasteiger partial charge in [0.05, 0.1) is 0 Å². The van der Waals surface area contributed by atoms with Gasteiger partial charge in [0.15, 0.2) is 5.78 Å². The molecule has 0 aliphatic carbocycles. The summed E-state index contributed by atoms with van der Waals surface area (Å²) in [5, 5.41) is 0. The van der Waals surface area contributed by atoms with Gasteiger partial charge < -0.3 is 9.47 Å². The van der Waals surface area contributed by atoms with E-state index in [9.17, 15) is 9.59 Å². The van der Waals surface area contributed by atoms with Crippen LogP contribution in [-0.2, 0) is 13.5 Å². The molecule has 0 atom stereocenters. The van der Waals surface area contributed by atoms with Crippen molar-refractivity contribution >= 4 is 17.4 Å². The van der Waals surface area contributed by atoms with E-state index in [1.165, 1.54) is 18.1 Å². The molecule has 1 aromatic heterocycles. The molecule has 1 aromatic carbocycles. The minimum absolute atomic E-state index is 0.0238. The number of Topliss-reactive ketones (excluding diaryl/α,β-unsaturated/α-hetero) is 1. The van der Waals surface area contributed by atoms with Crippen LogP contribution in [0, 0.1) is 6.92 Å². The number of rotatable bonds is 2. The fourth-order valence-corrected chi connectivity index (χ4v) is 3.04. The van der Waals surface area contributed by atoms with Crippen LogP contribution in [0.25, 0.3) is 0 Å². The first-order valence-corrected chi connectivity index (χ1v) is 7.56. The molecule has 4 nitrogen and oxygen atoms in total. The molecule has 4 heteroatoms. The van der Waals surface area contributed by atoms with Gasteiger partial charge in [-0.1, -0.05) is 17.7 Å². The van der Waals surface area contributed by atoms with Crippen molar-refractivity contribution in [1.29, 1.82) is 0 Å². The van der Waals surface area contributed by atoms with Crippen LogP contribution >= 0.6 is 0 Å². The number of hydrogen-bond acceptors (Lipinski definition) is 2. The molecule has 1 aliphatic rings. The maximum Gasteiger partial charge on any atom is 0.274 e. The number of nitrogens with zero attached hydrogens (tertiary/aromatic N) is 2. The summed E-state index contributed by atoms with van der Waals surface area (Å²) in [5.41, 5.74) is 4.56. The van der Waals surface area contributed by atoms with Crippen molar-refractivity contribution in [1.82, 2.24) is 4.57 Å². The zero-order valence-corrected chi connectivity index (χ0v) is 13.2. The number of anilines is 1. The third-order valence-corrected chi connectivity index (χ3v) is 4.23.